The molecule has 0 bridgehead atoms. The minimum atomic E-state index is -4.95. The van der Waals surface area contributed by atoms with E-state index >= 15 is 0 Å². The van der Waals surface area contributed by atoms with Gasteiger partial charge in [0, 0.05) is 12.2 Å². The average Bonchev–Trinajstić information content (AvgIpc) is 2.34. The molecule has 1 aromatic carbocycles. The van der Waals surface area contributed by atoms with E-state index < -0.39 is 30.2 Å². The second-order valence-corrected chi connectivity index (χ2v) is 3.59. The van der Waals surface area contributed by atoms with Crippen molar-refractivity contribution in [1.82, 2.24) is 0 Å². The van der Waals surface area contributed by atoms with Gasteiger partial charge in [-0.15, -0.1) is 0 Å². The zero-order valence-electron chi connectivity index (χ0n) is 9.24. The molecule has 1 rings (SSSR count). The van der Waals surface area contributed by atoms with E-state index in [1.54, 1.807) is 0 Å². The molecule has 0 aliphatic carbocycles. The van der Waals surface area contributed by atoms with Crippen LogP contribution in [0.25, 0.3) is 0 Å². The van der Waals surface area contributed by atoms with Crippen molar-refractivity contribution in [3.05, 3.63) is 29.8 Å². The molecule has 0 fully saturated rings. The third kappa shape index (κ3) is 3.71. The first-order valence-corrected chi connectivity index (χ1v) is 5.09. The van der Waals surface area contributed by atoms with Crippen molar-refractivity contribution in [2.45, 2.75) is 12.3 Å². The van der Waals surface area contributed by atoms with E-state index in [0.29, 0.717) is 0 Å². The zero-order valence-corrected chi connectivity index (χ0v) is 9.24. The first kappa shape index (κ1) is 14.5. The van der Waals surface area contributed by atoms with Crippen LogP contribution in [-0.2, 0) is 0 Å². The van der Waals surface area contributed by atoms with Crippen LogP contribution in [0.1, 0.15) is 10.4 Å². The monoisotopic (exact) mass is 263 g/mol. The summed E-state index contributed by atoms with van der Waals surface area (Å²) < 4.78 is 36.9. The highest BCUT2D eigenvalue weighted by molar-refractivity contribution is 6.04. The van der Waals surface area contributed by atoms with E-state index in [1.807, 2.05) is 0 Å². The summed E-state index contributed by atoms with van der Waals surface area (Å²) in [5.41, 5.74) is -0.553. The topological polar surface area (TPSA) is 69.6 Å². The summed E-state index contributed by atoms with van der Waals surface area (Å²) in [7, 11) is 0. The van der Waals surface area contributed by atoms with Crippen molar-refractivity contribution in [3.63, 3.8) is 0 Å². The molecular formula is C11H12F3NO3. The molecule has 1 aromatic rings. The number of hydrogen-bond donors (Lipinski definition) is 3. The maximum Gasteiger partial charge on any atom is 0.454 e. The van der Waals surface area contributed by atoms with Crippen molar-refractivity contribution in [2.24, 2.45) is 0 Å². The van der Waals surface area contributed by atoms with E-state index in [2.05, 4.69) is 5.32 Å². The summed E-state index contributed by atoms with van der Waals surface area (Å²) >= 11 is 0. The van der Waals surface area contributed by atoms with Crippen LogP contribution in [-0.4, -0.2) is 41.4 Å². The zero-order chi connectivity index (χ0) is 13.8. The summed E-state index contributed by atoms with van der Waals surface area (Å²) in [5.74, 6) is -1.95. The number of nitrogens with one attached hydrogen (secondary N) is 1. The third-order valence-corrected chi connectivity index (χ3v) is 2.17. The number of carbonyl (C=O) groups excluding carboxylic acids is 1. The molecule has 3 N–H and O–H groups in total. The quantitative estimate of drug-likeness (QED) is 0.698. The highest BCUT2D eigenvalue weighted by Crippen LogP contribution is 2.26. The van der Waals surface area contributed by atoms with Gasteiger partial charge in [0.2, 0.25) is 0 Å². The lowest BCUT2D eigenvalue weighted by molar-refractivity contribution is -0.0884. The lowest BCUT2D eigenvalue weighted by Gasteiger charge is -2.14. The summed E-state index contributed by atoms with van der Waals surface area (Å²) in [6.07, 6.45) is -6.06. The summed E-state index contributed by atoms with van der Waals surface area (Å²) in [6.45, 7) is -0.680. The van der Waals surface area contributed by atoms with Gasteiger partial charge < -0.3 is 15.5 Å². The molecule has 1 atom stereocenters. The van der Waals surface area contributed by atoms with Gasteiger partial charge in [-0.1, -0.05) is 12.1 Å². The van der Waals surface area contributed by atoms with Crippen LogP contribution in [0.2, 0.25) is 0 Å². The molecule has 0 aromatic heterocycles. The molecule has 7 heteroatoms. The van der Waals surface area contributed by atoms with Gasteiger partial charge in [-0.05, 0) is 12.1 Å². The number of hydrogen-bond acceptors (Lipinski definition) is 4. The summed E-state index contributed by atoms with van der Waals surface area (Å²) in [5, 5.41) is 20.2. The maximum absolute atomic E-state index is 12.3. The van der Waals surface area contributed by atoms with E-state index in [0.717, 1.165) is 6.07 Å². The van der Waals surface area contributed by atoms with Crippen LogP contribution < -0.4 is 5.32 Å². The molecule has 0 heterocycles. The number of rotatable bonds is 5. The number of carbonyl (C=O) groups is 1. The highest BCUT2D eigenvalue weighted by Gasteiger charge is 2.40. The van der Waals surface area contributed by atoms with Crippen molar-refractivity contribution < 1.29 is 28.2 Å². The SMILES string of the molecule is O=C(c1ccccc1NCC(O)CO)C(F)(F)F. The lowest BCUT2D eigenvalue weighted by Crippen LogP contribution is -2.26. The van der Waals surface area contributed by atoms with Gasteiger partial charge in [0.05, 0.1) is 18.3 Å². The van der Waals surface area contributed by atoms with Crippen molar-refractivity contribution in [2.75, 3.05) is 18.5 Å². The Bertz CT molecular complexity index is 420. The largest absolute Gasteiger partial charge is 0.454 e. The van der Waals surface area contributed by atoms with Gasteiger partial charge in [-0.3, -0.25) is 4.79 Å². The van der Waals surface area contributed by atoms with E-state index in [9.17, 15) is 18.0 Å². The van der Waals surface area contributed by atoms with Gasteiger partial charge in [0.25, 0.3) is 5.78 Å². The fraction of sp³-hybridized carbons (Fsp3) is 0.364. The number of alkyl halides is 3. The second-order valence-electron chi connectivity index (χ2n) is 3.59. The number of halogens is 3. The fourth-order valence-corrected chi connectivity index (χ4v) is 1.28. The van der Waals surface area contributed by atoms with Gasteiger partial charge in [-0.2, -0.15) is 13.2 Å². The van der Waals surface area contributed by atoms with Crippen LogP contribution in [0.5, 0.6) is 0 Å². The van der Waals surface area contributed by atoms with Crippen LogP contribution in [0.15, 0.2) is 24.3 Å². The van der Waals surface area contributed by atoms with Crippen LogP contribution in [0.3, 0.4) is 0 Å². The van der Waals surface area contributed by atoms with E-state index in [-0.39, 0.29) is 12.2 Å². The number of aliphatic hydroxyl groups is 2. The predicted molar refractivity (Wildman–Crippen MR) is 58.4 cm³/mol. The first-order chi connectivity index (χ1) is 8.36. The number of aliphatic hydroxyl groups excluding tert-OH is 2. The molecule has 0 amide bonds. The van der Waals surface area contributed by atoms with Crippen molar-refractivity contribution in [1.29, 1.82) is 0 Å². The lowest BCUT2D eigenvalue weighted by atomic mass is 10.1. The number of anilines is 1. The fourth-order valence-electron chi connectivity index (χ4n) is 1.28. The standard InChI is InChI=1S/C11H12F3NO3/c12-11(13,14)10(18)8-3-1-2-4-9(8)15-5-7(17)6-16/h1-4,7,15-17H,5-6H2. The molecule has 0 spiro atoms. The Hall–Kier alpha value is -1.60. The Kier molecular flexibility index (Phi) is 4.69. The number of Topliss-reactive ketones (excluding diaryl/α,β-unsaturated/α-hetero) is 1. The normalized spacial score (nSPS) is 13.2. The Morgan fingerprint density at radius 2 is 1.94 bits per heavy atom. The third-order valence-electron chi connectivity index (χ3n) is 2.17. The van der Waals surface area contributed by atoms with Gasteiger partial charge in [0.15, 0.2) is 0 Å². The Morgan fingerprint density at radius 3 is 2.50 bits per heavy atom. The predicted octanol–water partition coefficient (Wildman–Crippen LogP) is 1.20. The molecule has 0 saturated heterocycles. The first-order valence-electron chi connectivity index (χ1n) is 5.09. The number of para-hydroxylation sites is 1. The molecule has 4 nitrogen and oxygen atoms in total. The number of benzene rings is 1. The molecule has 0 saturated carbocycles. The van der Waals surface area contributed by atoms with Gasteiger partial charge in [-0.25, -0.2) is 0 Å². The van der Waals surface area contributed by atoms with Crippen molar-refractivity contribution >= 4 is 11.5 Å². The molecular weight excluding hydrogens is 251 g/mol. The Labute approximate surface area is 101 Å². The van der Waals surface area contributed by atoms with E-state index in [4.69, 9.17) is 10.2 Å². The van der Waals surface area contributed by atoms with Crippen LogP contribution in [0.4, 0.5) is 18.9 Å². The van der Waals surface area contributed by atoms with Crippen LogP contribution in [0, 0.1) is 0 Å². The molecule has 0 aliphatic rings. The second kappa shape index (κ2) is 5.83. The van der Waals surface area contributed by atoms with Gasteiger partial charge in [0.1, 0.15) is 0 Å². The molecule has 18 heavy (non-hydrogen) atoms. The molecule has 0 radical (unpaired) electrons. The Morgan fingerprint density at radius 1 is 1.33 bits per heavy atom. The highest BCUT2D eigenvalue weighted by atomic mass is 19.4. The molecule has 0 aliphatic heterocycles. The maximum atomic E-state index is 12.3. The van der Waals surface area contributed by atoms with Crippen LogP contribution >= 0.6 is 0 Å². The number of ketones is 1. The van der Waals surface area contributed by atoms with Crippen molar-refractivity contribution in [3.8, 4) is 0 Å². The minimum absolute atomic E-state index is 0.0349. The molecule has 1 unspecified atom stereocenters. The minimum Gasteiger partial charge on any atom is -0.394 e. The smallest absolute Gasteiger partial charge is 0.394 e. The average molecular weight is 263 g/mol. The Balaban J connectivity index is 2.90. The summed E-state index contributed by atoms with van der Waals surface area (Å²) in [6, 6.07) is 5.11. The summed E-state index contributed by atoms with van der Waals surface area (Å²) in [4.78, 5) is 11.1. The van der Waals surface area contributed by atoms with E-state index in [1.165, 1.54) is 18.2 Å². The van der Waals surface area contributed by atoms with Gasteiger partial charge >= 0.3 is 6.18 Å². The molecule has 100 valence electrons.